The van der Waals surface area contributed by atoms with Crippen molar-refractivity contribution >= 4 is 5.91 Å². The van der Waals surface area contributed by atoms with E-state index in [-0.39, 0.29) is 11.5 Å². The Labute approximate surface area is 129 Å². The quantitative estimate of drug-likeness (QED) is 0.857. The van der Waals surface area contributed by atoms with Gasteiger partial charge in [-0.1, -0.05) is 0 Å². The molecule has 22 heavy (non-hydrogen) atoms. The van der Waals surface area contributed by atoms with Crippen LogP contribution in [0.5, 0.6) is 0 Å². The average molecular weight is 306 g/mol. The summed E-state index contributed by atoms with van der Waals surface area (Å²) >= 11 is 0. The van der Waals surface area contributed by atoms with Crippen molar-refractivity contribution < 1.29 is 9.53 Å². The minimum absolute atomic E-state index is 0.116. The van der Waals surface area contributed by atoms with Gasteiger partial charge < -0.3 is 9.64 Å². The minimum atomic E-state index is -0.296. The lowest BCUT2D eigenvalue weighted by Crippen LogP contribution is -2.38. The lowest BCUT2D eigenvalue weighted by Gasteiger charge is -2.23. The van der Waals surface area contributed by atoms with Gasteiger partial charge in [0.05, 0.1) is 6.10 Å². The number of aromatic nitrogens is 2. The highest BCUT2D eigenvalue weighted by Gasteiger charge is 2.24. The molecule has 3 heterocycles. The van der Waals surface area contributed by atoms with E-state index in [1.165, 1.54) is 12.1 Å². The summed E-state index contributed by atoms with van der Waals surface area (Å²) in [6.45, 7) is 5.09. The van der Waals surface area contributed by atoms with Gasteiger partial charge in [0, 0.05) is 38.9 Å². The summed E-state index contributed by atoms with van der Waals surface area (Å²) in [4.78, 5) is 27.6. The second kappa shape index (κ2) is 7.02. The molecular weight excluding hydrogens is 284 g/mol. The van der Waals surface area contributed by atoms with Crippen LogP contribution < -0.4 is 5.56 Å². The van der Waals surface area contributed by atoms with Gasteiger partial charge in [-0.15, -0.1) is 0 Å². The average Bonchev–Trinajstić information content (AvgIpc) is 2.92. The molecule has 7 heteroatoms. The van der Waals surface area contributed by atoms with Crippen molar-refractivity contribution in [2.75, 3.05) is 39.3 Å². The summed E-state index contributed by atoms with van der Waals surface area (Å²) in [7, 11) is 0. The van der Waals surface area contributed by atoms with E-state index in [9.17, 15) is 9.59 Å². The highest BCUT2D eigenvalue weighted by atomic mass is 16.5. The van der Waals surface area contributed by atoms with Crippen LogP contribution in [0.25, 0.3) is 0 Å². The number of rotatable bonds is 3. The molecule has 0 saturated carbocycles. The normalized spacial score (nSPS) is 23.5. The zero-order valence-corrected chi connectivity index (χ0v) is 12.7. The van der Waals surface area contributed by atoms with Crippen molar-refractivity contribution in [3.63, 3.8) is 0 Å². The molecule has 2 saturated heterocycles. The molecule has 0 radical (unpaired) electrons. The first kappa shape index (κ1) is 15.2. The Kier molecular flexibility index (Phi) is 4.84. The highest BCUT2D eigenvalue weighted by molar-refractivity contribution is 5.92. The molecule has 1 aromatic heterocycles. The van der Waals surface area contributed by atoms with E-state index in [1.54, 1.807) is 0 Å². The van der Waals surface area contributed by atoms with E-state index in [1.807, 2.05) is 4.90 Å². The van der Waals surface area contributed by atoms with Crippen LogP contribution in [0, 0.1) is 0 Å². The maximum Gasteiger partial charge on any atom is 0.274 e. The number of amides is 1. The number of H-pyrrole nitrogens is 1. The van der Waals surface area contributed by atoms with Gasteiger partial charge in [0.25, 0.3) is 11.5 Å². The van der Waals surface area contributed by atoms with Crippen LogP contribution in [0.3, 0.4) is 0 Å². The highest BCUT2D eigenvalue weighted by Crippen LogP contribution is 2.15. The van der Waals surface area contributed by atoms with Crippen LogP contribution in [-0.4, -0.2) is 71.3 Å². The fourth-order valence-electron chi connectivity index (χ4n) is 3.06. The Morgan fingerprint density at radius 1 is 1.27 bits per heavy atom. The van der Waals surface area contributed by atoms with Gasteiger partial charge >= 0.3 is 0 Å². The molecule has 0 spiro atoms. The number of carbonyl (C=O) groups excluding carboxylic acids is 1. The summed E-state index contributed by atoms with van der Waals surface area (Å²) in [5, 5.41) is 6.14. The Morgan fingerprint density at radius 2 is 2.18 bits per heavy atom. The monoisotopic (exact) mass is 306 g/mol. The topological polar surface area (TPSA) is 78.5 Å². The standard InChI is InChI=1S/C15H22N4O3/c20-14-5-4-13(16-17-14)15(21)19-7-2-6-18(8-9-19)11-12-3-1-10-22-12/h4-5,12H,1-3,6-11H2,(H,17,20). The Morgan fingerprint density at radius 3 is 2.91 bits per heavy atom. The van der Waals surface area contributed by atoms with Crippen LogP contribution in [0.4, 0.5) is 0 Å². The molecule has 1 unspecified atom stereocenters. The molecule has 0 bridgehead atoms. The summed E-state index contributed by atoms with van der Waals surface area (Å²) in [5.74, 6) is -0.116. The summed E-state index contributed by atoms with van der Waals surface area (Å²) in [6, 6.07) is 2.82. The Balaban J connectivity index is 1.56. The van der Waals surface area contributed by atoms with Crippen LogP contribution in [0.1, 0.15) is 29.8 Å². The molecule has 1 N–H and O–H groups in total. The molecule has 120 valence electrons. The van der Waals surface area contributed by atoms with Crippen molar-refractivity contribution in [3.05, 3.63) is 28.2 Å². The molecule has 1 atom stereocenters. The van der Waals surface area contributed by atoms with E-state index in [0.29, 0.717) is 18.3 Å². The minimum Gasteiger partial charge on any atom is -0.377 e. The number of carbonyl (C=O) groups is 1. The molecule has 1 aromatic rings. The third-order valence-electron chi connectivity index (χ3n) is 4.26. The van der Waals surface area contributed by atoms with Crippen LogP contribution in [0.15, 0.2) is 16.9 Å². The SMILES string of the molecule is O=C(c1ccc(=O)[nH]n1)N1CCCN(CC2CCCO2)CC1. The Bertz CT molecular complexity index is 548. The molecule has 1 amide bonds. The molecule has 3 rings (SSSR count). The van der Waals surface area contributed by atoms with Gasteiger partial charge in [0.1, 0.15) is 5.69 Å². The van der Waals surface area contributed by atoms with Gasteiger partial charge in [-0.2, -0.15) is 5.10 Å². The van der Waals surface area contributed by atoms with Crippen molar-refractivity contribution in [1.82, 2.24) is 20.0 Å². The largest absolute Gasteiger partial charge is 0.377 e. The molecular formula is C15H22N4O3. The molecule has 0 aromatic carbocycles. The van der Waals surface area contributed by atoms with Crippen LogP contribution >= 0.6 is 0 Å². The lowest BCUT2D eigenvalue weighted by molar-refractivity contribution is 0.0701. The van der Waals surface area contributed by atoms with E-state index >= 15 is 0 Å². The fraction of sp³-hybridized carbons (Fsp3) is 0.667. The molecule has 0 aliphatic carbocycles. The second-order valence-corrected chi connectivity index (χ2v) is 5.89. The zero-order chi connectivity index (χ0) is 15.4. The zero-order valence-electron chi connectivity index (χ0n) is 12.7. The maximum atomic E-state index is 12.4. The van der Waals surface area contributed by atoms with E-state index in [0.717, 1.165) is 52.0 Å². The van der Waals surface area contributed by atoms with Crippen LogP contribution in [0.2, 0.25) is 0 Å². The number of nitrogens with zero attached hydrogens (tertiary/aromatic N) is 3. The summed E-state index contributed by atoms with van der Waals surface area (Å²) in [5.41, 5.74) is 0.00216. The van der Waals surface area contributed by atoms with Gasteiger partial charge in [-0.3, -0.25) is 14.5 Å². The molecule has 2 fully saturated rings. The van der Waals surface area contributed by atoms with E-state index in [4.69, 9.17) is 4.74 Å². The molecule has 7 nitrogen and oxygen atoms in total. The van der Waals surface area contributed by atoms with E-state index < -0.39 is 0 Å². The van der Waals surface area contributed by atoms with Crippen molar-refractivity contribution in [2.45, 2.75) is 25.4 Å². The summed E-state index contributed by atoms with van der Waals surface area (Å²) < 4.78 is 5.69. The fourth-order valence-corrected chi connectivity index (χ4v) is 3.06. The van der Waals surface area contributed by atoms with Gasteiger partial charge in [-0.25, -0.2) is 5.10 Å². The Hall–Kier alpha value is -1.73. The number of nitrogens with one attached hydrogen (secondary N) is 1. The number of ether oxygens (including phenoxy) is 1. The molecule has 2 aliphatic rings. The van der Waals surface area contributed by atoms with Crippen molar-refractivity contribution in [2.24, 2.45) is 0 Å². The lowest BCUT2D eigenvalue weighted by atomic mass is 10.2. The number of hydrogen-bond acceptors (Lipinski definition) is 5. The first-order chi connectivity index (χ1) is 10.7. The van der Waals surface area contributed by atoms with Gasteiger partial charge in [0.2, 0.25) is 0 Å². The predicted molar refractivity (Wildman–Crippen MR) is 80.8 cm³/mol. The van der Waals surface area contributed by atoms with E-state index in [2.05, 4.69) is 15.1 Å². The third-order valence-corrected chi connectivity index (χ3v) is 4.26. The number of hydrogen-bond donors (Lipinski definition) is 1. The predicted octanol–water partition coefficient (Wildman–Crippen LogP) is 0.0968. The second-order valence-electron chi connectivity index (χ2n) is 5.89. The van der Waals surface area contributed by atoms with Crippen molar-refractivity contribution in [3.8, 4) is 0 Å². The maximum absolute atomic E-state index is 12.4. The smallest absolute Gasteiger partial charge is 0.274 e. The van der Waals surface area contributed by atoms with Crippen LogP contribution in [-0.2, 0) is 4.74 Å². The third kappa shape index (κ3) is 3.72. The first-order valence-electron chi connectivity index (χ1n) is 7.91. The summed E-state index contributed by atoms with van der Waals surface area (Å²) in [6.07, 6.45) is 3.59. The molecule has 2 aliphatic heterocycles. The van der Waals surface area contributed by atoms with Crippen molar-refractivity contribution in [1.29, 1.82) is 0 Å². The van der Waals surface area contributed by atoms with Gasteiger partial charge in [-0.05, 0) is 31.9 Å². The number of aromatic amines is 1. The van der Waals surface area contributed by atoms with Gasteiger partial charge in [0.15, 0.2) is 0 Å². The first-order valence-corrected chi connectivity index (χ1v) is 7.91.